The molecule has 2 heteroatoms. The summed E-state index contributed by atoms with van der Waals surface area (Å²) in [6.07, 6.45) is 0. The fraction of sp³-hybridized carbons (Fsp3) is 0.167. The second-order valence-corrected chi connectivity index (χ2v) is 3.13. The highest BCUT2D eigenvalue weighted by molar-refractivity contribution is 5.96. The number of anilines is 1. The molecule has 2 rings (SSSR count). The number of hydrogen-bond acceptors (Lipinski definition) is 2. The van der Waals surface area contributed by atoms with Crippen LogP contribution in [0.5, 0.6) is 5.75 Å². The number of hydrogen-bond donors (Lipinski definition) is 1. The van der Waals surface area contributed by atoms with Gasteiger partial charge in [0.05, 0.1) is 6.61 Å². The average molecular weight is 187 g/mol. The summed E-state index contributed by atoms with van der Waals surface area (Å²) in [6.45, 7) is 2.65. The van der Waals surface area contributed by atoms with Gasteiger partial charge in [0.2, 0.25) is 0 Å². The van der Waals surface area contributed by atoms with Crippen molar-refractivity contribution in [3.05, 3.63) is 36.4 Å². The maximum atomic E-state index is 5.87. The van der Waals surface area contributed by atoms with E-state index in [0.717, 1.165) is 22.2 Å². The van der Waals surface area contributed by atoms with Crippen LogP contribution in [0.3, 0.4) is 0 Å². The molecule has 0 aliphatic carbocycles. The molecule has 0 saturated heterocycles. The van der Waals surface area contributed by atoms with Crippen molar-refractivity contribution in [3.8, 4) is 5.75 Å². The van der Waals surface area contributed by atoms with E-state index in [4.69, 9.17) is 10.5 Å². The van der Waals surface area contributed by atoms with E-state index < -0.39 is 0 Å². The van der Waals surface area contributed by atoms with Gasteiger partial charge in [0, 0.05) is 16.5 Å². The summed E-state index contributed by atoms with van der Waals surface area (Å²) in [5.74, 6) is 0.900. The summed E-state index contributed by atoms with van der Waals surface area (Å²) in [5, 5.41) is 2.13. The van der Waals surface area contributed by atoms with Gasteiger partial charge in [0.25, 0.3) is 0 Å². The van der Waals surface area contributed by atoms with Crippen LogP contribution in [-0.4, -0.2) is 6.61 Å². The first-order chi connectivity index (χ1) is 6.83. The minimum atomic E-state index is 0.675. The molecule has 0 radical (unpaired) electrons. The highest BCUT2D eigenvalue weighted by Crippen LogP contribution is 2.28. The Morgan fingerprint density at radius 1 is 1.07 bits per heavy atom. The van der Waals surface area contributed by atoms with Crippen molar-refractivity contribution in [2.45, 2.75) is 6.92 Å². The standard InChI is InChI=1S/C12H13NO/c1-2-14-12-8-4-5-9-10(12)6-3-7-11(9)13/h3-8H,2,13H2,1H3. The maximum Gasteiger partial charge on any atom is 0.127 e. The lowest BCUT2D eigenvalue weighted by Gasteiger charge is -2.08. The van der Waals surface area contributed by atoms with Crippen LogP contribution in [0.1, 0.15) is 6.92 Å². The Morgan fingerprint density at radius 2 is 1.79 bits per heavy atom. The Bertz CT molecular complexity index is 451. The third kappa shape index (κ3) is 1.39. The van der Waals surface area contributed by atoms with Crippen molar-refractivity contribution in [1.82, 2.24) is 0 Å². The van der Waals surface area contributed by atoms with Gasteiger partial charge in [-0.2, -0.15) is 0 Å². The number of fused-ring (bicyclic) bond motifs is 1. The Balaban J connectivity index is 2.68. The molecule has 0 bridgehead atoms. The van der Waals surface area contributed by atoms with Gasteiger partial charge in [0.1, 0.15) is 5.75 Å². The molecule has 0 aliphatic heterocycles. The molecule has 0 spiro atoms. The van der Waals surface area contributed by atoms with Crippen molar-refractivity contribution in [3.63, 3.8) is 0 Å². The van der Waals surface area contributed by atoms with Crippen LogP contribution in [0.4, 0.5) is 5.69 Å². The maximum absolute atomic E-state index is 5.87. The van der Waals surface area contributed by atoms with E-state index in [0.29, 0.717) is 6.61 Å². The van der Waals surface area contributed by atoms with Gasteiger partial charge in [-0.3, -0.25) is 0 Å². The van der Waals surface area contributed by atoms with E-state index in [9.17, 15) is 0 Å². The summed E-state index contributed by atoms with van der Waals surface area (Å²) in [4.78, 5) is 0. The molecule has 0 unspecified atom stereocenters. The van der Waals surface area contributed by atoms with E-state index in [1.807, 2.05) is 43.3 Å². The lowest BCUT2D eigenvalue weighted by atomic mass is 10.1. The molecule has 2 aromatic carbocycles. The van der Waals surface area contributed by atoms with Gasteiger partial charge in [-0.05, 0) is 19.1 Å². The van der Waals surface area contributed by atoms with Crippen LogP contribution in [0, 0.1) is 0 Å². The molecule has 0 fully saturated rings. The summed E-state index contributed by atoms with van der Waals surface area (Å²) in [5.41, 5.74) is 6.66. The average Bonchev–Trinajstić information content (AvgIpc) is 2.20. The second-order valence-electron chi connectivity index (χ2n) is 3.13. The Kier molecular flexibility index (Phi) is 2.27. The Labute approximate surface area is 83.3 Å². The van der Waals surface area contributed by atoms with Crippen molar-refractivity contribution in [2.24, 2.45) is 0 Å². The van der Waals surface area contributed by atoms with E-state index in [2.05, 4.69) is 0 Å². The number of nitrogens with two attached hydrogens (primary N) is 1. The number of benzene rings is 2. The van der Waals surface area contributed by atoms with E-state index >= 15 is 0 Å². The molecule has 0 atom stereocenters. The van der Waals surface area contributed by atoms with Crippen LogP contribution < -0.4 is 10.5 Å². The highest BCUT2D eigenvalue weighted by Gasteiger charge is 2.02. The first kappa shape index (κ1) is 8.88. The molecular weight excluding hydrogens is 174 g/mol. The lowest BCUT2D eigenvalue weighted by Crippen LogP contribution is -1.93. The molecule has 0 aromatic heterocycles. The molecule has 0 saturated carbocycles. The molecule has 2 N–H and O–H groups in total. The van der Waals surface area contributed by atoms with Gasteiger partial charge >= 0.3 is 0 Å². The van der Waals surface area contributed by atoms with E-state index in [1.54, 1.807) is 0 Å². The SMILES string of the molecule is CCOc1cccc2c(N)cccc12. The van der Waals surface area contributed by atoms with Crippen molar-refractivity contribution < 1.29 is 4.74 Å². The van der Waals surface area contributed by atoms with Gasteiger partial charge < -0.3 is 10.5 Å². The highest BCUT2D eigenvalue weighted by atomic mass is 16.5. The van der Waals surface area contributed by atoms with Crippen LogP contribution in [0.25, 0.3) is 10.8 Å². The number of rotatable bonds is 2. The topological polar surface area (TPSA) is 35.2 Å². The van der Waals surface area contributed by atoms with Gasteiger partial charge in [-0.25, -0.2) is 0 Å². The van der Waals surface area contributed by atoms with E-state index in [-0.39, 0.29) is 0 Å². The first-order valence-corrected chi connectivity index (χ1v) is 4.73. The fourth-order valence-electron chi connectivity index (χ4n) is 1.59. The molecule has 0 heterocycles. The van der Waals surface area contributed by atoms with Gasteiger partial charge in [-0.15, -0.1) is 0 Å². The predicted octanol–water partition coefficient (Wildman–Crippen LogP) is 2.82. The van der Waals surface area contributed by atoms with Crippen LogP contribution >= 0.6 is 0 Å². The quantitative estimate of drug-likeness (QED) is 0.734. The lowest BCUT2D eigenvalue weighted by molar-refractivity contribution is 0.344. The summed E-state index contributed by atoms with van der Waals surface area (Å²) in [7, 11) is 0. The molecule has 2 aromatic rings. The number of nitrogen functional groups attached to an aromatic ring is 1. The largest absolute Gasteiger partial charge is 0.493 e. The Hall–Kier alpha value is -1.70. The molecule has 0 aliphatic rings. The zero-order valence-corrected chi connectivity index (χ0v) is 8.16. The fourth-order valence-corrected chi connectivity index (χ4v) is 1.59. The monoisotopic (exact) mass is 187 g/mol. The minimum Gasteiger partial charge on any atom is -0.493 e. The molecule has 72 valence electrons. The van der Waals surface area contributed by atoms with Crippen molar-refractivity contribution >= 4 is 16.5 Å². The zero-order valence-electron chi connectivity index (χ0n) is 8.16. The number of ether oxygens (including phenoxy) is 1. The van der Waals surface area contributed by atoms with Crippen molar-refractivity contribution in [1.29, 1.82) is 0 Å². The summed E-state index contributed by atoms with van der Waals surface area (Å²) in [6, 6.07) is 11.8. The van der Waals surface area contributed by atoms with Gasteiger partial charge in [-0.1, -0.05) is 24.3 Å². The molecule has 2 nitrogen and oxygen atoms in total. The Morgan fingerprint density at radius 3 is 2.57 bits per heavy atom. The smallest absolute Gasteiger partial charge is 0.127 e. The first-order valence-electron chi connectivity index (χ1n) is 4.73. The normalized spacial score (nSPS) is 10.4. The third-order valence-corrected chi connectivity index (χ3v) is 2.22. The van der Waals surface area contributed by atoms with Gasteiger partial charge in [0.15, 0.2) is 0 Å². The summed E-state index contributed by atoms with van der Waals surface area (Å²) >= 11 is 0. The van der Waals surface area contributed by atoms with E-state index in [1.165, 1.54) is 0 Å². The third-order valence-electron chi connectivity index (χ3n) is 2.22. The summed E-state index contributed by atoms with van der Waals surface area (Å²) < 4.78 is 5.52. The van der Waals surface area contributed by atoms with Crippen LogP contribution in [0.2, 0.25) is 0 Å². The minimum absolute atomic E-state index is 0.675. The molecule has 0 amide bonds. The molecule has 14 heavy (non-hydrogen) atoms. The van der Waals surface area contributed by atoms with Crippen LogP contribution in [-0.2, 0) is 0 Å². The zero-order chi connectivity index (χ0) is 9.97. The van der Waals surface area contributed by atoms with Crippen LogP contribution in [0.15, 0.2) is 36.4 Å². The second kappa shape index (κ2) is 3.58. The predicted molar refractivity (Wildman–Crippen MR) is 59.5 cm³/mol. The molecular formula is C12H13NO. The van der Waals surface area contributed by atoms with Crippen molar-refractivity contribution in [2.75, 3.05) is 12.3 Å².